The van der Waals surface area contributed by atoms with Crippen molar-refractivity contribution >= 4 is 29.9 Å². The molecule has 1 fully saturated rings. The Labute approximate surface area is 172 Å². The van der Waals surface area contributed by atoms with Crippen LogP contribution in [0.2, 0.25) is 0 Å². The van der Waals surface area contributed by atoms with E-state index < -0.39 is 0 Å². The standard InChI is InChI=1S/C22H27N3O2.ClH/c1-15(24-22(27)18-10-5-11-19(23)13-18)17-9-6-12-20(14-17)25-21(26)16-7-3-2-4-8-16;/h2-4,6-9,12,14-15,18-19H,5,10-11,13,23H2,1H3,(H,24,27)(H,25,26);1H. The molecule has 0 spiro atoms. The van der Waals surface area contributed by atoms with Gasteiger partial charge in [-0.05, 0) is 56.0 Å². The van der Waals surface area contributed by atoms with Crippen LogP contribution < -0.4 is 16.4 Å². The Hall–Kier alpha value is -2.37. The van der Waals surface area contributed by atoms with Gasteiger partial charge >= 0.3 is 0 Å². The number of amides is 2. The first-order chi connectivity index (χ1) is 13.0. The molecule has 5 nitrogen and oxygen atoms in total. The van der Waals surface area contributed by atoms with E-state index >= 15 is 0 Å². The average Bonchev–Trinajstić information content (AvgIpc) is 2.68. The summed E-state index contributed by atoms with van der Waals surface area (Å²) >= 11 is 0. The van der Waals surface area contributed by atoms with Gasteiger partial charge in [0.1, 0.15) is 0 Å². The number of carbonyl (C=O) groups is 2. The predicted octanol–water partition coefficient (Wildman–Crippen LogP) is 4.06. The van der Waals surface area contributed by atoms with Crippen molar-refractivity contribution in [2.24, 2.45) is 11.7 Å². The Morgan fingerprint density at radius 3 is 2.54 bits per heavy atom. The van der Waals surface area contributed by atoms with Gasteiger partial charge in [0.2, 0.25) is 5.91 Å². The zero-order valence-corrected chi connectivity index (χ0v) is 16.9. The molecule has 28 heavy (non-hydrogen) atoms. The minimum absolute atomic E-state index is 0. The first-order valence-electron chi connectivity index (χ1n) is 9.55. The van der Waals surface area contributed by atoms with Crippen LogP contribution in [0.3, 0.4) is 0 Å². The zero-order valence-electron chi connectivity index (χ0n) is 16.1. The number of hydrogen-bond donors (Lipinski definition) is 3. The molecule has 0 aliphatic heterocycles. The Morgan fingerprint density at radius 1 is 1.07 bits per heavy atom. The molecule has 1 saturated carbocycles. The fraction of sp³-hybridized carbons (Fsp3) is 0.364. The van der Waals surface area contributed by atoms with Crippen LogP contribution in [-0.2, 0) is 4.79 Å². The fourth-order valence-corrected chi connectivity index (χ4v) is 3.56. The Kier molecular flexibility index (Phi) is 8.03. The molecule has 0 heterocycles. The number of anilines is 1. The van der Waals surface area contributed by atoms with Gasteiger partial charge in [0.05, 0.1) is 6.04 Å². The molecule has 1 aliphatic carbocycles. The van der Waals surface area contributed by atoms with Gasteiger partial charge in [-0.3, -0.25) is 9.59 Å². The molecule has 2 aromatic rings. The quantitative estimate of drug-likeness (QED) is 0.706. The first-order valence-corrected chi connectivity index (χ1v) is 9.55. The summed E-state index contributed by atoms with van der Waals surface area (Å²) < 4.78 is 0. The van der Waals surface area contributed by atoms with Gasteiger partial charge in [0.15, 0.2) is 0 Å². The summed E-state index contributed by atoms with van der Waals surface area (Å²) in [6.07, 6.45) is 3.67. The zero-order chi connectivity index (χ0) is 19.2. The highest BCUT2D eigenvalue weighted by molar-refractivity contribution is 6.04. The van der Waals surface area contributed by atoms with E-state index in [9.17, 15) is 9.59 Å². The van der Waals surface area contributed by atoms with Crippen LogP contribution >= 0.6 is 12.4 Å². The lowest BCUT2D eigenvalue weighted by Crippen LogP contribution is -2.38. The Bertz CT molecular complexity index is 797. The number of carbonyl (C=O) groups excluding carboxylic acids is 2. The highest BCUT2D eigenvalue weighted by Gasteiger charge is 2.26. The number of halogens is 1. The molecule has 0 radical (unpaired) electrons. The maximum atomic E-state index is 12.5. The van der Waals surface area contributed by atoms with Crippen molar-refractivity contribution in [3.8, 4) is 0 Å². The third-order valence-corrected chi connectivity index (χ3v) is 5.12. The summed E-state index contributed by atoms with van der Waals surface area (Å²) in [7, 11) is 0. The highest BCUT2D eigenvalue weighted by atomic mass is 35.5. The molecule has 1 aliphatic rings. The summed E-state index contributed by atoms with van der Waals surface area (Å²) in [4.78, 5) is 24.9. The number of rotatable bonds is 5. The molecular formula is C22H28ClN3O2. The minimum Gasteiger partial charge on any atom is -0.349 e. The molecule has 3 rings (SSSR count). The molecule has 4 N–H and O–H groups in total. The third kappa shape index (κ3) is 5.81. The van der Waals surface area contributed by atoms with Crippen molar-refractivity contribution in [2.75, 3.05) is 5.32 Å². The van der Waals surface area contributed by atoms with Crippen LogP contribution in [0.1, 0.15) is 54.6 Å². The normalized spacial score (nSPS) is 19.8. The maximum Gasteiger partial charge on any atom is 0.255 e. The van der Waals surface area contributed by atoms with E-state index in [1.165, 1.54) is 0 Å². The lowest BCUT2D eigenvalue weighted by Gasteiger charge is -2.27. The molecule has 3 atom stereocenters. The van der Waals surface area contributed by atoms with E-state index in [0.717, 1.165) is 31.2 Å². The maximum absolute atomic E-state index is 12.5. The lowest BCUT2D eigenvalue weighted by molar-refractivity contribution is -0.126. The first kappa shape index (κ1) is 21.9. The van der Waals surface area contributed by atoms with Crippen LogP contribution in [0.5, 0.6) is 0 Å². The monoisotopic (exact) mass is 401 g/mol. The van der Waals surface area contributed by atoms with Crippen molar-refractivity contribution < 1.29 is 9.59 Å². The van der Waals surface area contributed by atoms with Crippen molar-refractivity contribution in [1.29, 1.82) is 0 Å². The summed E-state index contributed by atoms with van der Waals surface area (Å²) in [5, 5.41) is 6.00. The van der Waals surface area contributed by atoms with Crippen molar-refractivity contribution in [1.82, 2.24) is 5.32 Å². The molecule has 0 bridgehead atoms. The SMILES string of the molecule is CC(NC(=O)C1CCCC(N)C1)c1cccc(NC(=O)c2ccccc2)c1.Cl. The van der Waals surface area contributed by atoms with Gasteiger partial charge in [0.25, 0.3) is 5.91 Å². The second-order valence-electron chi connectivity index (χ2n) is 7.30. The summed E-state index contributed by atoms with van der Waals surface area (Å²) in [6, 6.07) is 16.7. The van der Waals surface area contributed by atoms with Gasteiger partial charge < -0.3 is 16.4 Å². The van der Waals surface area contributed by atoms with E-state index in [2.05, 4.69) is 10.6 Å². The second-order valence-corrected chi connectivity index (χ2v) is 7.30. The van der Waals surface area contributed by atoms with Crippen molar-refractivity contribution in [3.05, 3.63) is 65.7 Å². The van der Waals surface area contributed by atoms with Gasteiger partial charge in [-0.25, -0.2) is 0 Å². The smallest absolute Gasteiger partial charge is 0.255 e. The van der Waals surface area contributed by atoms with E-state index in [0.29, 0.717) is 11.3 Å². The highest BCUT2D eigenvalue weighted by Crippen LogP contribution is 2.25. The van der Waals surface area contributed by atoms with Gasteiger partial charge in [0, 0.05) is 23.2 Å². The number of benzene rings is 2. The molecule has 2 aromatic carbocycles. The summed E-state index contributed by atoms with van der Waals surface area (Å²) in [6.45, 7) is 1.96. The Balaban J connectivity index is 0.00000280. The molecular weight excluding hydrogens is 374 g/mol. The van der Waals surface area contributed by atoms with Crippen molar-refractivity contribution in [3.63, 3.8) is 0 Å². The fourth-order valence-electron chi connectivity index (χ4n) is 3.56. The van der Waals surface area contributed by atoms with Crippen molar-refractivity contribution in [2.45, 2.75) is 44.7 Å². The van der Waals surface area contributed by atoms with E-state index in [1.807, 2.05) is 49.4 Å². The molecule has 0 aromatic heterocycles. The second kappa shape index (κ2) is 10.2. The van der Waals surface area contributed by atoms with Gasteiger partial charge in [-0.2, -0.15) is 0 Å². The largest absolute Gasteiger partial charge is 0.349 e. The van der Waals surface area contributed by atoms with Crippen LogP contribution in [0.25, 0.3) is 0 Å². The van der Waals surface area contributed by atoms with E-state index in [-0.39, 0.29) is 42.2 Å². The average molecular weight is 402 g/mol. The van der Waals surface area contributed by atoms with Crippen LogP contribution in [0.4, 0.5) is 5.69 Å². The summed E-state index contributed by atoms with van der Waals surface area (Å²) in [5.74, 6) is -0.0887. The summed E-state index contributed by atoms with van der Waals surface area (Å²) in [5.41, 5.74) is 8.27. The van der Waals surface area contributed by atoms with Crippen LogP contribution in [0.15, 0.2) is 54.6 Å². The Morgan fingerprint density at radius 2 is 1.82 bits per heavy atom. The number of hydrogen-bond acceptors (Lipinski definition) is 3. The van der Waals surface area contributed by atoms with Gasteiger partial charge in [-0.1, -0.05) is 36.8 Å². The van der Waals surface area contributed by atoms with Gasteiger partial charge in [-0.15, -0.1) is 12.4 Å². The number of nitrogens with two attached hydrogens (primary N) is 1. The molecule has 3 unspecified atom stereocenters. The minimum atomic E-state index is -0.152. The molecule has 150 valence electrons. The molecule has 6 heteroatoms. The molecule has 0 saturated heterocycles. The lowest BCUT2D eigenvalue weighted by atomic mass is 9.85. The van der Waals surface area contributed by atoms with Crippen LogP contribution in [-0.4, -0.2) is 17.9 Å². The third-order valence-electron chi connectivity index (χ3n) is 5.12. The topological polar surface area (TPSA) is 84.2 Å². The number of nitrogens with one attached hydrogen (secondary N) is 2. The predicted molar refractivity (Wildman–Crippen MR) is 115 cm³/mol. The van der Waals surface area contributed by atoms with E-state index in [1.54, 1.807) is 12.1 Å². The van der Waals surface area contributed by atoms with E-state index in [4.69, 9.17) is 5.73 Å². The molecule has 2 amide bonds. The van der Waals surface area contributed by atoms with Crippen LogP contribution in [0, 0.1) is 5.92 Å².